The van der Waals surface area contributed by atoms with E-state index in [9.17, 15) is 28.4 Å². The van der Waals surface area contributed by atoms with E-state index in [1.807, 2.05) is 23.6 Å². The molecule has 2 fully saturated rings. The minimum Gasteiger partial charge on any atom is -0.487 e. The van der Waals surface area contributed by atoms with Gasteiger partial charge in [0.25, 0.3) is 5.91 Å². The average Bonchev–Trinajstić information content (AvgIpc) is 3.98. The third kappa shape index (κ3) is 14.7. The molecule has 1 saturated heterocycles. The smallest absolute Gasteiger partial charge is 0.255 e. The van der Waals surface area contributed by atoms with Crippen LogP contribution in [0.5, 0.6) is 5.75 Å². The second-order valence-electron chi connectivity index (χ2n) is 17.2. The minimum atomic E-state index is -0.747. The molecule has 3 aliphatic rings. The predicted octanol–water partition coefficient (Wildman–Crippen LogP) is 6.34. The summed E-state index contributed by atoms with van der Waals surface area (Å²) in [5.74, 6) is -1.14. The van der Waals surface area contributed by atoms with E-state index in [4.69, 9.17) is 35.5 Å². The molecule has 2 aromatic carbocycles. The number of benzene rings is 2. The molecule has 370 valence electrons. The van der Waals surface area contributed by atoms with Crippen LogP contribution in [0.2, 0.25) is 5.02 Å². The largest absolute Gasteiger partial charge is 0.487 e. The third-order valence-corrected chi connectivity index (χ3v) is 13.4. The Kier molecular flexibility index (Phi) is 19.2. The zero-order chi connectivity index (χ0) is 48.4. The molecule has 17 nitrogen and oxygen atoms in total. The van der Waals surface area contributed by atoms with E-state index in [0.717, 1.165) is 30.2 Å². The number of carbonyl (C=O) groups is 5. The summed E-state index contributed by atoms with van der Waals surface area (Å²) in [6.07, 6.45) is 7.31. The molecular formula is C49H60ClFN8O9S. The predicted molar refractivity (Wildman–Crippen MR) is 258 cm³/mol. The summed E-state index contributed by atoms with van der Waals surface area (Å²) in [5, 5.41) is 17.5. The summed E-state index contributed by atoms with van der Waals surface area (Å²) in [6.45, 7) is 4.49. The van der Waals surface area contributed by atoms with Crippen molar-refractivity contribution in [2.24, 2.45) is 5.41 Å². The van der Waals surface area contributed by atoms with Gasteiger partial charge in [-0.05, 0) is 87.9 Å². The molecule has 4 aromatic rings. The van der Waals surface area contributed by atoms with E-state index < -0.39 is 23.2 Å². The molecule has 20 heteroatoms. The Morgan fingerprint density at radius 3 is 2.41 bits per heavy atom. The lowest BCUT2D eigenvalue weighted by Gasteiger charge is -2.39. The lowest BCUT2D eigenvalue weighted by molar-refractivity contribution is -0.137. The van der Waals surface area contributed by atoms with Crippen molar-refractivity contribution in [2.75, 3.05) is 69.9 Å². The molecule has 5 N–H and O–H groups in total. The van der Waals surface area contributed by atoms with Crippen molar-refractivity contribution < 1.29 is 47.3 Å². The van der Waals surface area contributed by atoms with Gasteiger partial charge < -0.3 is 45.1 Å². The fourth-order valence-electron chi connectivity index (χ4n) is 8.75. The van der Waals surface area contributed by atoms with Gasteiger partial charge in [-0.1, -0.05) is 36.2 Å². The minimum absolute atomic E-state index is 0.00168. The lowest BCUT2D eigenvalue weighted by Crippen LogP contribution is -2.52. The number of ether oxygens (including phenoxy) is 4. The zero-order valence-electron chi connectivity index (χ0n) is 38.5. The standard InChI is InChI=1S/C49H60ClFN8O9S/c50-37-9-6-11-40(44(37)51)68-34-16-18-49(19-17-34,31-33-7-4-12-41(55-33)57-48-54-23-30-69-48)47(64)53-22-25-66-27-29-67-28-26-65-24-21-52-20-3-1-2-13-42(60)56-38-10-5-8-35-36(38)32-59(46(35)63)39-14-15-43(61)58-45(39)62/h4-12,23,30,34,39,52H,1-3,13-22,24-29,31-32H2,(H,53,64)(H,56,60)(H,54,55,57)(H,58,61,62). The SMILES string of the molecule is O=C1CCC(N2Cc3c(NC(=O)CCCCCNCCOCCOCCOCCNC(=O)C4(Cc5cccc(Nc6nccs6)n5)CCC(Oc5cccc(Cl)c5F)CC4)cccc3C2=O)C(=O)N1. The molecule has 1 atom stereocenters. The van der Waals surface area contributed by atoms with E-state index in [1.54, 1.807) is 36.5 Å². The van der Waals surface area contributed by atoms with Crippen molar-refractivity contribution in [3.8, 4) is 5.75 Å². The van der Waals surface area contributed by atoms with Gasteiger partial charge in [0.05, 0.1) is 56.2 Å². The molecule has 2 aliphatic heterocycles. The third-order valence-electron chi connectivity index (χ3n) is 12.4. The fourth-order valence-corrected chi connectivity index (χ4v) is 9.45. The van der Waals surface area contributed by atoms with Crippen molar-refractivity contribution in [3.63, 3.8) is 0 Å². The molecule has 1 saturated carbocycles. The van der Waals surface area contributed by atoms with Crippen LogP contribution in [0.25, 0.3) is 0 Å². The number of carbonyl (C=O) groups excluding carboxylic acids is 5. The summed E-state index contributed by atoms with van der Waals surface area (Å²) < 4.78 is 37.7. The van der Waals surface area contributed by atoms with Crippen LogP contribution in [0.4, 0.5) is 21.0 Å². The topological polar surface area (TPSA) is 211 Å². The Bertz CT molecular complexity index is 2370. The maximum Gasteiger partial charge on any atom is 0.255 e. The summed E-state index contributed by atoms with van der Waals surface area (Å²) >= 11 is 7.45. The Hall–Kier alpha value is -5.57. The van der Waals surface area contributed by atoms with Gasteiger partial charge in [-0.15, -0.1) is 11.3 Å². The van der Waals surface area contributed by atoms with Crippen molar-refractivity contribution in [1.82, 2.24) is 30.8 Å². The molecule has 0 spiro atoms. The Labute approximate surface area is 409 Å². The fraction of sp³-hybridized carbons (Fsp3) is 0.490. The van der Waals surface area contributed by atoms with E-state index in [1.165, 1.54) is 22.3 Å². The number of piperidine rings is 1. The maximum atomic E-state index is 14.6. The Morgan fingerprint density at radius 1 is 0.884 bits per heavy atom. The first-order valence-corrected chi connectivity index (χ1v) is 24.9. The van der Waals surface area contributed by atoms with Crippen LogP contribution in [-0.2, 0) is 46.4 Å². The molecule has 1 aliphatic carbocycles. The van der Waals surface area contributed by atoms with Crippen molar-refractivity contribution in [2.45, 2.75) is 89.3 Å². The van der Waals surface area contributed by atoms with Crippen LogP contribution in [0.1, 0.15) is 85.8 Å². The van der Waals surface area contributed by atoms with Gasteiger partial charge >= 0.3 is 0 Å². The van der Waals surface area contributed by atoms with Crippen LogP contribution in [0.15, 0.2) is 66.2 Å². The number of anilines is 3. The molecule has 0 bridgehead atoms. The number of fused-ring (bicyclic) bond motifs is 1. The normalized spacial score (nSPS) is 19.0. The van der Waals surface area contributed by atoms with Gasteiger partial charge in [0.2, 0.25) is 23.6 Å². The van der Waals surface area contributed by atoms with Gasteiger partial charge in [-0.3, -0.25) is 29.3 Å². The summed E-state index contributed by atoms with van der Waals surface area (Å²) in [6, 6.07) is 14.8. The Morgan fingerprint density at radius 2 is 1.64 bits per heavy atom. The average molecular weight is 992 g/mol. The number of thiazole rings is 1. The van der Waals surface area contributed by atoms with Crippen molar-refractivity contribution >= 4 is 69.1 Å². The van der Waals surface area contributed by atoms with Gasteiger partial charge in [0, 0.05) is 73.0 Å². The van der Waals surface area contributed by atoms with Crippen molar-refractivity contribution in [1.29, 1.82) is 0 Å². The van der Waals surface area contributed by atoms with Crippen LogP contribution in [-0.4, -0.2) is 116 Å². The number of rotatable bonds is 27. The number of hydrogen-bond donors (Lipinski definition) is 5. The number of halogens is 2. The van der Waals surface area contributed by atoms with E-state index >= 15 is 0 Å². The molecule has 7 rings (SSSR count). The highest BCUT2D eigenvalue weighted by Crippen LogP contribution is 2.41. The lowest BCUT2D eigenvalue weighted by atomic mass is 9.69. The first-order chi connectivity index (χ1) is 33.6. The summed E-state index contributed by atoms with van der Waals surface area (Å²) in [4.78, 5) is 74.3. The number of amides is 5. The monoisotopic (exact) mass is 990 g/mol. The zero-order valence-corrected chi connectivity index (χ0v) is 40.1. The number of hydrogen-bond acceptors (Lipinski definition) is 14. The molecule has 4 heterocycles. The van der Waals surface area contributed by atoms with Gasteiger partial charge in [0.1, 0.15) is 11.9 Å². The van der Waals surface area contributed by atoms with Crippen LogP contribution in [0.3, 0.4) is 0 Å². The summed E-state index contributed by atoms with van der Waals surface area (Å²) in [7, 11) is 0. The number of nitrogens with one attached hydrogen (secondary N) is 5. The molecule has 1 unspecified atom stereocenters. The van der Waals surface area contributed by atoms with Crippen LogP contribution >= 0.6 is 22.9 Å². The maximum absolute atomic E-state index is 14.6. The number of imide groups is 1. The van der Waals surface area contributed by atoms with E-state index in [-0.39, 0.29) is 59.9 Å². The van der Waals surface area contributed by atoms with Crippen LogP contribution < -0.4 is 31.3 Å². The molecular weight excluding hydrogens is 931 g/mol. The second-order valence-corrected chi connectivity index (χ2v) is 18.5. The molecule has 5 amide bonds. The first-order valence-electron chi connectivity index (χ1n) is 23.6. The Balaban J connectivity index is 0.708. The van der Waals surface area contributed by atoms with Gasteiger partial charge in [-0.2, -0.15) is 0 Å². The number of nitrogens with zero attached hydrogens (tertiary/aromatic N) is 3. The molecule has 69 heavy (non-hydrogen) atoms. The second kappa shape index (κ2) is 25.9. The number of aromatic nitrogens is 2. The number of unbranched alkanes of at least 4 members (excludes halogenated alkanes) is 2. The van der Waals surface area contributed by atoms with E-state index in [0.29, 0.717) is 120 Å². The summed E-state index contributed by atoms with van der Waals surface area (Å²) in [5.41, 5.74) is 1.73. The first kappa shape index (κ1) is 51.3. The molecule has 2 aromatic heterocycles. The van der Waals surface area contributed by atoms with Crippen molar-refractivity contribution in [3.05, 3.63) is 93.8 Å². The quantitative estimate of drug-likeness (QED) is 0.0327. The highest BCUT2D eigenvalue weighted by molar-refractivity contribution is 7.13. The van der Waals surface area contributed by atoms with E-state index in [2.05, 4.69) is 31.6 Å². The number of pyridine rings is 1. The van der Waals surface area contributed by atoms with Gasteiger partial charge in [0.15, 0.2) is 16.7 Å². The molecule has 0 radical (unpaired) electrons. The highest BCUT2D eigenvalue weighted by Gasteiger charge is 2.43. The van der Waals surface area contributed by atoms with Gasteiger partial charge in [-0.25, -0.2) is 14.4 Å². The van der Waals surface area contributed by atoms with Crippen LogP contribution in [0, 0.1) is 11.2 Å². The highest BCUT2D eigenvalue weighted by atomic mass is 35.5.